The van der Waals surface area contributed by atoms with Crippen LogP contribution in [-0.2, 0) is 14.6 Å². The van der Waals surface area contributed by atoms with Gasteiger partial charge in [0.15, 0.2) is 9.84 Å². The van der Waals surface area contributed by atoms with Gasteiger partial charge in [0, 0.05) is 5.56 Å². The van der Waals surface area contributed by atoms with E-state index >= 15 is 0 Å². The normalized spacial score (nSPS) is 19.8. The van der Waals surface area contributed by atoms with E-state index in [0.717, 1.165) is 5.56 Å². The fourth-order valence-electron chi connectivity index (χ4n) is 1.53. The molecule has 0 amide bonds. The molecule has 0 unspecified atom stereocenters. The van der Waals surface area contributed by atoms with Crippen molar-refractivity contribution < 1.29 is 13.2 Å². The Labute approximate surface area is 89.3 Å². The minimum Gasteiger partial charge on any atom is -0.491 e. The zero-order valence-corrected chi connectivity index (χ0v) is 9.25. The quantitative estimate of drug-likeness (QED) is 0.730. The van der Waals surface area contributed by atoms with Gasteiger partial charge in [-0.3, -0.25) is 0 Å². The first-order valence-corrected chi connectivity index (χ1v) is 6.38. The highest BCUT2D eigenvalue weighted by molar-refractivity contribution is 7.95. The number of hydrogen-bond acceptors (Lipinski definition) is 3. The van der Waals surface area contributed by atoms with Crippen LogP contribution in [0.1, 0.15) is 12.5 Å². The summed E-state index contributed by atoms with van der Waals surface area (Å²) in [6.07, 6.45) is 0. The first kappa shape index (κ1) is 10.2. The van der Waals surface area contributed by atoms with Crippen LogP contribution < -0.4 is 0 Å². The number of allylic oxidation sites excluding steroid dienone is 1. The van der Waals surface area contributed by atoms with Crippen molar-refractivity contribution in [1.29, 1.82) is 0 Å². The molecule has 0 bridgehead atoms. The molecule has 1 aliphatic heterocycles. The maximum absolute atomic E-state index is 11.6. The van der Waals surface area contributed by atoms with E-state index in [-0.39, 0.29) is 12.4 Å². The molecule has 3 nitrogen and oxygen atoms in total. The fourth-order valence-corrected chi connectivity index (χ4v) is 2.59. The molecule has 1 heterocycles. The van der Waals surface area contributed by atoms with Crippen LogP contribution in [-0.4, -0.2) is 20.8 Å². The second-order valence-electron chi connectivity index (χ2n) is 3.42. The molecule has 1 aliphatic rings. The van der Waals surface area contributed by atoms with Crippen molar-refractivity contribution in [2.45, 2.75) is 6.92 Å². The second kappa shape index (κ2) is 3.70. The molecule has 0 aromatic heterocycles. The minimum absolute atomic E-state index is 0.0785. The predicted octanol–water partition coefficient (Wildman–Crippen LogP) is 1.82. The van der Waals surface area contributed by atoms with Gasteiger partial charge in [-0.15, -0.1) is 0 Å². The number of benzene rings is 1. The Bertz CT molecular complexity index is 486. The number of rotatable bonds is 1. The van der Waals surface area contributed by atoms with Gasteiger partial charge < -0.3 is 4.74 Å². The van der Waals surface area contributed by atoms with E-state index in [4.69, 9.17) is 4.74 Å². The summed E-state index contributed by atoms with van der Waals surface area (Å²) in [6, 6.07) is 9.30. The van der Waals surface area contributed by atoms with Gasteiger partial charge >= 0.3 is 0 Å². The van der Waals surface area contributed by atoms with E-state index < -0.39 is 9.84 Å². The van der Waals surface area contributed by atoms with Gasteiger partial charge in [-0.25, -0.2) is 8.42 Å². The minimum atomic E-state index is -3.10. The van der Waals surface area contributed by atoms with Crippen LogP contribution in [0, 0.1) is 0 Å². The fraction of sp³-hybridized carbons (Fsp3) is 0.273. The zero-order chi connectivity index (χ0) is 10.9. The Hall–Kier alpha value is -1.29. The van der Waals surface area contributed by atoms with Gasteiger partial charge in [0.05, 0.1) is 10.7 Å². The van der Waals surface area contributed by atoms with Crippen molar-refractivity contribution in [2.75, 3.05) is 12.4 Å². The van der Waals surface area contributed by atoms with Gasteiger partial charge in [0.1, 0.15) is 12.4 Å². The summed E-state index contributed by atoms with van der Waals surface area (Å²) < 4.78 is 28.7. The molecule has 0 radical (unpaired) electrons. The highest BCUT2D eigenvalue weighted by Crippen LogP contribution is 2.27. The van der Waals surface area contributed by atoms with E-state index in [1.807, 2.05) is 30.3 Å². The van der Waals surface area contributed by atoms with Crippen molar-refractivity contribution in [3.63, 3.8) is 0 Å². The maximum Gasteiger partial charge on any atom is 0.181 e. The topological polar surface area (TPSA) is 43.4 Å². The SMILES string of the molecule is CC1=C(c2ccccc2)OCCS1(=O)=O. The molecule has 0 fully saturated rings. The van der Waals surface area contributed by atoms with E-state index in [1.165, 1.54) is 0 Å². The van der Waals surface area contributed by atoms with Crippen molar-refractivity contribution in [2.24, 2.45) is 0 Å². The summed E-state index contributed by atoms with van der Waals surface area (Å²) in [7, 11) is -3.10. The molecule has 1 aromatic carbocycles. The maximum atomic E-state index is 11.6. The van der Waals surface area contributed by atoms with Gasteiger partial charge in [-0.05, 0) is 6.92 Å². The van der Waals surface area contributed by atoms with Crippen molar-refractivity contribution in [3.8, 4) is 0 Å². The third-order valence-corrected chi connectivity index (χ3v) is 4.24. The highest BCUT2D eigenvalue weighted by atomic mass is 32.2. The number of hydrogen-bond donors (Lipinski definition) is 0. The summed E-state index contributed by atoms with van der Waals surface area (Å²) in [4.78, 5) is 0.333. The van der Waals surface area contributed by atoms with Crippen LogP contribution in [0.4, 0.5) is 0 Å². The third kappa shape index (κ3) is 1.90. The van der Waals surface area contributed by atoms with E-state index in [0.29, 0.717) is 10.7 Å². The molecule has 15 heavy (non-hydrogen) atoms. The Morgan fingerprint density at radius 1 is 1.20 bits per heavy atom. The van der Waals surface area contributed by atoms with Gasteiger partial charge in [-0.1, -0.05) is 30.3 Å². The lowest BCUT2D eigenvalue weighted by Crippen LogP contribution is -2.20. The van der Waals surface area contributed by atoms with Crippen LogP contribution in [0.5, 0.6) is 0 Å². The molecule has 80 valence electrons. The van der Waals surface area contributed by atoms with E-state index in [2.05, 4.69) is 0 Å². The molecule has 0 spiro atoms. The molecule has 0 saturated carbocycles. The van der Waals surface area contributed by atoms with Crippen LogP contribution in [0.3, 0.4) is 0 Å². The molecule has 0 aliphatic carbocycles. The Morgan fingerprint density at radius 2 is 1.87 bits per heavy atom. The van der Waals surface area contributed by atoms with Crippen LogP contribution >= 0.6 is 0 Å². The van der Waals surface area contributed by atoms with E-state index in [1.54, 1.807) is 6.92 Å². The number of sulfone groups is 1. The Morgan fingerprint density at radius 3 is 2.53 bits per heavy atom. The van der Waals surface area contributed by atoms with Crippen LogP contribution in [0.15, 0.2) is 35.2 Å². The zero-order valence-electron chi connectivity index (χ0n) is 8.43. The summed E-state index contributed by atoms with van der Waals surface area (Å²) in [6.45, 7) is 1.83. The molecule has 0 N–H and O–H groups in total. The van der Waals surface area contributed by atoms with Crippen molar-refractivity contribution >= 4 is 15.6 Å². The lowest BCUT2D eigenvalue weighted by Gasteiger charge is -2.19. The van der Waals surface area contributed by atoms with Crippen LogP contribution in [0.2, 0.25) is 0 Å². The standard InChI is InChI=1S/C11H12O3S/c1-9-11(10-5-3-2-4-6-10)14-7-8-15(9,12)13/h2-6H,7-8H2,1H3. The second-order valence-corrected chi connectivity index (χ2v) is 5.67. The van der Waals surface area contributed by atoms with Crippen LogP contribution in [0.25, 0.3) is 5.76 Å². The van der Waals surface area contributed by atoms with Gasteiger partial charge in [0.2, 0.25) is 0 Å². The molecular formula is C11H12O3S. The lowest BCUT2D eigenvalue weighted by atomic mass is 10.2. The van der Waals surface area contributed by atoms with E-state index in [9.17, 15) is 8.42 Å². The lowest BCUT2D eigenvalue weighted by molar-refractivity contribution is 0.293. The molecule has 2 rings (SSSR count). The molecule has 1 aromatic rings. The highest BCUT2D eigenvalue weighted by Gasteiger charge is 2.25. The Balaban J connectivity index is 2.54. The summed E-state index contributed by atoms with van der Waals surface area (Å²) in [5, 5.41) is 0. The molecule has 0 atom stereocenters. The van der Waals surface area contributed by atoms with Gasteiger partial charge in [-0.2, -0.15) is 0 Å². The summed E-state index contributed by atoms with van der Waals surface area (Å²) in [5.74, 6) is 0.566. The average molecular weight is 224 g/mol. The van der Waals surface area contributed by atoms with Crippen molar-refractivity contribution in [1.82, 2.24) is 0 Å². The summed E-state index contributed by atoms with van der Waals surface area (Å²) >= 11 is 0. The average Bonchev–Trinajstić information content (AvgIpc) is 2.23. The monoisotopic (exact) mass is 224 g/mol. The number of ether oxygens (including phenoxy) is 1. The first-order chi connectivity index (χ1) is 7.11. The molecular weight excluding hydrogens is 212 g/mol. The molecule has 4 heteroatoms. The van der Waals surface area contributed by atoms with Crippen molar-refractivity contribution in [3.05, 3.63) is 40.8 Å². The Kier molecular flexibility index (Phi) is 2.52. The smallest absolute Gasteiger partial charge is 0.181 e. The molecule has 0 saturated heterocycles. The first-order valence-electron chi connectivity index (χ1n) is 4.73. The largest absolute Gasteiger partial charge is 0.491 e. The predicted molar refractivity (Wildman–Crippen MR) is 58.8 cm³/mol. The summed E-state index contributed by atoms with van der Waals surface area (Å²) in [5.41, 5.74) is 0.818. The van der Waals surface area contributed by atoms with Gasteiger partial charge in [0.25, 0.3) is 0 Å². The third-order valence-electron chi connectivity index (χ3n) is 2.42.